The predicted molar refractivity (Wildman–Crippen MR) is 221 cm³/mol. The summed E-state index contributed by atoms with van der Waals surface area (Å²) in [5.41, 5.74) is 10.0. The molecule has 0 radical (unpaired) electrons. The lowest BCUT2D eigenvalue weighted by atomic mass is 9.82. The van der Waals surface area contributed by atoms with E-state index < -0.39 is 8.07 Å². The quantitative estimate of drug-likeness (QED) is 0.128. The molecule has 9 aromatic carbocycles. The molecule has 0 aliphatic carbocycles. The minimum Gasteiger partial charge on any atom is -0.0656 e. The maximum atomic E-state index is 2.42. The molecule has 0 fully saturated rings. The SMILES string of the molecule is C[Si](C)(C)c1ccc2cc(-c3c4ccccc4c(-c4ccc(-c5cccc6ccccc56)cc4)c4c(-c5ccccc5)cccc34)ccc2c1. The summed E-state index contributed by atoms with van der Waals surface area (Å²) in [6, 6.07) is 65.4. The lowest BCUT2D eigenvalue weighted by Crippen LogP contribution is -2.37. The van der Waals surface area contributed by atoms with Crippen LogP contribution in [0.1, 0.15) is 0 Å². The lowest BCUT2D eigenvalue weighted by Gasteiger charge is -2.21. The highest BCUT2D eigenvalue weighted by atomic mass is 28.3. The van der Waals surface area contributed by atoms with Crippen LogP contribution in [0.25, 0.3) is 87.6 Å². The highest BCUT2D eigenvalue weighted by Crippen LogP contribution is 2.47. The summed E-state index contributed by atoms with van der Waals surface area (Å²) in [7, 11) is -1.41. The van der Waals surface area contributed by atoms with Gasteiger partial charge < -0.3 is 0 Å². The summed E-state index contributed by atoms with van der Waals surface area (Å²) >= 11 is 0. The van der Waals surface area contributed by atoms with Crippen molar-refractivity contribution in [2.45, 2.75) is 19.6 Å². The van der Waals surface area contributed by atoms with E-state index in [-0.39, 0.29) is 0 Å². The Morgan fingerprint density at radius 1 is 0.320 bits per heavy atom. The van der Waals surface area contributed by atoms with Crippen molar-refractivity contribution in [3.05, 3.63) is 176 Å². The Morgan fingerprint density at radius 2 is 0.860 bits per heavy atom. The first-order valence-electron chi connectivity index (χ1n) is 17.6. The van der Waals surface area contributed by atoms with Crippen LogP contribution in [0.15, 0.2) is 176 Å². The first-order valence-corrected chi connectivity index (χ1v) is 21.1. The third-order valence-corrected chi connectivity index (χ3v) is 12.4. The van der Waals surface area contributed by atoms with Crippen molar-refractivity contribution in [3.63, 3.8) is 0 Å². The van der Waals surface area contributed by atoms with Crippen LogP contribution in [0.3, 0.4) is 0 Å². The van der Waals surface area contributed by atoms with Crippen molar-refractivity contribution in [1.29, 1.82) is 0 Å². The van der Waals surface area contributed by atoms with E-state index in [2.05, 4.69) is 196 Å². The molecule has 50 heavy (non-hydrogen) atoms. The number of rotatable bonds is 5. The molecule has 0 heterocycles. The van der Waals surface area contributed by atoms with Gasteiger partial charge in [-0.1, -0.05) is 195 Å². The van der Waals surface area contributed by atoms with Gasteiger partial charge in [0, 0.05) is 0 Å². The Hall–Kier alpha value is -5.76. The Balaban J connectivity index is 1.32. The van der Waals surface area contributed by atoms with Crippen molar-refractivity contribution in [2.24, 2.45) is 0 Å². The molecule has 0 saturated heterocycles. The van der Waals surface area contributed by atoms with Gasteiger partial charge in [-0.25, -0.2) is 0 Å². The van der Waals surface area contributed by atoms with E-state index in [1.165, 1.54) is 92.8 Å². The maximum absolute atomic E-state index is 2.42. The number of hydrogen-bond acceptors (Lipinski definition) is 0. The normalized spacial score (nSPS) is 11.9. The van der Waals surface area contributed by atoms with Gasteiger partial charge in [-0.15, -0.1) is 0 Å². The minimum atomic E-state index is -1.41. The second-order valence-electron chi connectivity index (χ2n) is 14.5. The first kappa shape index (κ1) is 30.3. The fourth-order valence-electron chi connectivity index (χ4n) is 7.86. The van der Waals surface area contributed by atoms with Crippen LogP contribution in [0.5, 0.6) is 0 Å². The van der Waals surface area contributed by atoms with Gasteiger partial charge in [-0.2, -0.15) is 0 Å². The maximum Gasteiger partial charge on any atom is 0.0776 e. The smallest absolute Gasteiger partial charge is 0.0656 e. The van der Waals surface area contributed by atoms with Gasteiger partial charge in [0.1, 0.15) is 0 Å². The van der Waals surface area contributed by atoms with Crippen LogP contribution in [0.4, 0.5) is 0 Å². The van der Waals surface area contributed by atoms with Crippen LogP contribution >= 0.6 is 0 Å². The van der Waals surface area contributed by atoms with E-state index in [0.29, 0.717) is 0 Å². The molecule has 0 saturated carbocycles. The summed E-state index contributed by atoms with van der Waals surface area (Å²) < 4.78 is 0. The Bertz CT molecular complexity index is 2710. The molecule has 9 aromatic rings. The molecular formula is C49H38Si. The average Bonchev–Trinajstić information content (AvgIpc) is 3.16. The van der Waals surface area contributed by atoms with Crippen LogP contribution in [-0.2, 0) is 0 Å². The van der Waals surface area contributed by atoms with Gasteiger partial charge in [0.05, 0.1) is 8.07 Å². The summed E-state index contributed by atoms with van der Waals surface area (Å²) in [6.07, 6.45) is 0. The molecule has 0 N–H and O–H groups in total. The van der Waals surface area contributed by atoms with Crippen molar-refractivity contribution in [2.75, 3.05) is 0 Å². The van der Waals surface area contributed by atoms with E-state index in [0.717, 1.165) is 0 Å². The van der Waals surface area contributed by atoms with Gasteiger partial charge in [-0.3, -0.25) is 0 Å². The predicted octanol–water partition coefficient (Wildman–Crippen LogP) is 13.5. The van der Waals surface area contributed by atoms with E-state index >= 15 is 0 Å². The zero-order chi connectivity index (χ0) is 33.8. The van der Waals surface area contributed by atoms with Gasteiger partial charge in [-0.05, 0) is 93.7 Å². The zero-order valence-corrected chi connectivity index (χ0v) is 29.7. The van der Waals surface area contributed by atoms with Crippen LogP contribution in [-0.4, -0.2) is 8.07 Å². The molecule has 0 amide bonds. The van der Waals surface area contributed by atoms with Gasteiger partial charge >= 0.3 is 0 Å². The Labute approximate surface area is 295 Å². The standard InChI is InChI=1S/C49H38Si/c1-50(2,3)40-30-29-37-31-39(28-27-38(37)32-40)47-44-18-9-10-19-45(44)48(49-43(21-12-22-46(47)49)34-13-5-4-6-14-34)36-25-23-35(24-26-36)42-20-11-16-33-15-7-8-17-41(33)42/h4-32H,1-3H3. The highest BCUT2D eigenvalue weighted by Gasteiger charge is 2.21. The molecule has 238 valence electrons. The number of fused-ring (bicyclic) bond motifs is 4. The van der Waals surface area contributed by atoms with E-state index in [4.69, 9.17) is 0 Å². The largest absolute Gasteiger partial charge is 0.0776 e. The average molecular weight is 655 g/mol. The first-order chi connectivity index (χ1) is 24.4. The molecule has 0 spiro atoms. The summed E-state index contributed by atoms with van der Waals surface area (Å²) in [5.74, 6) is 0. The molecule has 9 rings (SSSR count). The highest BCUT2D eigenvalue weighted by molar-refractivity contribution is 6.88. The van der Waals surface area contributed by atoms with Gasteiger partial charge in [0.2, 0.25) is 0 Å². The molecule has 0 aliphatic rings. The summed E-state index contributed by atoms with van der Waals surface area (Å²) in [6.45, 7) is 7.26. The second kappa shape index (κ2) is 12.0. The topological polar surface area (TPSA) is 0 Å². The molecule has 0 atom stereocenters. The van der Waals surface area contributed by atoms with E-state index in [9.17, 15) is 0 Å². The summed E-state index contributed by atoms with van der Waals surface area (Å²) in [5, 5.41) is 11.7. The second-order valence-corrected chi connectivity index (χ2v) is 19.6. The summed E-state index contributed by atoms with van der Waals surface area (Å²) in [4.78, 5) is 0. The monoisotopic (exact) mass is 654 g/mol. The van der Waals surface area contributed by atoms with Gasteiger partial charge in [0.25, 0.3) is 0 Å². The van der Waals surface area contributed by atoms with Crippen molar-refractivity contribution < 1.29 is 0 Å². The van der Waals surface area contributed by atoms with Crippen LogP contribution < -0.4 is 5.19 Å². The third-order valence-electron chi connectivity index (χ3n) is 10.4. The molecule has 0 unspecified atom stereocenters. The van der Waals surface area contributed by atoms with Gasteiger partial charge in [0.15, 0.2) is 0 Å². The molecule has 0 aliphatic heterocycles. The Morgan fingerprint density at radius 3 is 1.64 bits per heavy atom. The fraction of sp³-hybridized carbons (Fsp3) is 0.0612. The Kier molecular flexibility index (Phi) is 7.26. The van der Waals surface area contributed by atoms with E-state index in [1.54, 1.807) is 0 Å². The molecular weight excluding hydrogens is 617 g/mol. The van der Waals surface area contributed by atoms with Crippen molar-refractivity contribution >= 4 is 56.4 Å². The molecule has 1 heteroatoms. The van der Waals surface area contributed by atoms with Crippen molar-refractivity contribution in [3.8, 4) is 44.5 Å². The van der Waals surface area contributed by atoms with E-state index in [1.807, 2.05) is 0 Å². The van der Waals surface area contributed by atoms with Crippen molar-refractivity contribution in [1.82, 2.24) is 0 Å². The zero-order valence-electron chi connectivity index (χ0n) is 28.7. The molecule has 0 nitrogen and oxygen atoms in total. The van der Waals surface area contributed by atoms with Crippen LogP contribution in [0.2, 0.25) is 19.6 Å². The lowest BCUT2D eigenvalue weighted by molar-refractivity contribution is 1.62. The molecule has 0 bridgehead atoms. The molecule has 0 aromatic heterocycles. The fourth-order valence-corrected chi connectivity index (χ4v) is 9.03. The third kappa shape index (κ3) is 5.14. The number of hydrogen-bond donors (Lipinski definition) is 0. The number of benzene rings is 9. The van der Waals surface area contributed by atoms with Crippen LogP contribution in [0, 0.1) is 0 Å². The minimum absolute atomic E-state index is 1.22.